The number of hydrogen-bond acceptors (Lipinski definition) is 2. The molecule has 0 saturated heterocycles. The summed E-state index contributed by atoms with van der Waals surface area (Å²) in [6.45, 7) is -0.138. The van der Waals surface area contributed by atoms with Gasteiger partial charge in [-0.3, -0.25) is 4.79 Å². The van der Waals surface area contributed by atoms with Gasteiger partial charge < -0.3 is 10.1 Å². The molecule has 0 spiro atoms. The molecule has 0 atom stereocenters. The number of anilines is 1. The van der Waals surface area contributed by atoms with Gasteiger partial charge in [-0.15, -0.1) is 0 Å². The molecule has 0 aliphatic carbocycles. The maximum Gasteiger partial charge on any atom is 0.262 e. The average Bonchev–Trinajstić information content (AvgIpc) is 2.63. The zero-order valence-electron chi connectivity index (χ0n) is 13.2. The Hall–Kier alpha value is -2.66. The summed E-state index contributed by atoms with van der Waals surface area (Å²) in [5, 5.41) is 2.65. The first-order chi connectivity index (χ1) is 12.1. The first kappa shape index (κ1) is 17.2. The van der Waals surface area contributed by atoms with Crippen LogP contribution in [0.1, 0.15) is 0 Å². The lowest BCUT2D eigenvalue weighted by atomic mass is 10.1. The van der Waals surface area contributed by atoms with E-state index >= 15 is 0 Å². The molecule has 1 N–H and O–H groups in total. The summed E-state index contributed by atoms with van der Waals surface area (Å²) in [7, 11) is 0. The highest BCUT2D eigenvalue weighted by atomic mass is 79.9. The van der Waals surface area contributed by atoms with Crippen molar-refractivity contribution in [2.24, 2.45) is 0 Å². The normalized spacial score (nSPS) is 10.3. The zero-order chi connectivity index (χ0) is 17.6. The third-order valence-electron chi connectivity index (χ3n) is 3.53. The van der Waals surface area contributed by atoms with Gasteiger partial charge in [0.1, 0.15) is 11.6 Å². The molecule has 3 rings (SSSR count). The van der Waals surface area contributed by atoms with Gasteiger partial charge >= 0.3 is 0 Å². The van der Waals surface area contributed by atoms with E-state index in [1.807, 2.05) is 48.5 Å². The number of halogens is 2. The van der Waals surface area contributed by atoms with Crippen LogP contribution in [0.2, 0.25) is 0 Å². The van der Waals surface area contributed by atoms with Crippen molar-refractivity contribution < 1.29 is 13.9 Å². The smallest absolute Gasteiger partial charge is 0.262 e. The minimum absolute atomic E-state index is 0.138. The molecular formula is C20H15BrFNO2. The van der Waals surface area contributed by atoms with E-state index in [0.717, 1.165) is 15.6 Å². The molecule has 0 unspecified atom stereocenters. The Bertz CT molecular complexity index is 867. The summed E-state index contributed by atoms with van der Waals surface area (Å²) in [4.78, 5) is 11.9. The number of carbonyl (C=O) groups is 1. The Labute approximate surface area is 153 Å². The van der Waals surface area contributed by atoms with E-state index in [2.05, 4.69) is 21.2 Å². The Morgan fingerprint density at radius 1 is 0.960 bits per heavy atom. The summed E-state index contributed by atoms with van der Waals surface area (Å²) in [5.74, 6) is -0.0868. The van der Waals surface area contributed by atoms with E-state index in [0.29, 0.717) is 11.4 Å². The second-order valence-corrected chi connectivity index (χ2v) is 6.21. The summed E-state index contributed by atoms with van der Waals surface area (Å²) in [6.07, 6.45) is 0. The number of amides is 1. The molecule has 0 aromatic heterocycles. The third kappa shape index (κ3) is 4.67. The first-order valence-corrected chi connectivity index (χ1v) is 8.44. The van der Waals surface area contributed by atoms with Crippen molar-refractivity contribution in [2.45, 2.75) is 0 Å². The number of carbonyl (C=O) groups excluding carboxylic acids is 1. The fraction of sp³-hybridized carbons (Fsp3) is 0.0500. The second-order valence-electron chi connectivity index (χ2n) is 5.35. The van der Waals surface area contributed by atoms with E-state index in [-0.39, 0.29) is 18.3 Å². The standard InChI is InChI=1S/C20H15BrFNO2/c21-18-12-15(14-4-2-1-3-5-14)6-11-19(18)25-13-20(24)23-17-9-7-16(22)8-10-17/h1-12H,13H2,(H,23,24). The van der Waals surface area contributed by atoms with E-state index < -0.39 is 0 Å². The van der Waals surface area contributed by atoms with Gasteiger partial charge in [0.2, 0.25) is 0 Å². The maximum atomic E-state index is 12.9. The monoisotopic (exact) mass is 399 g/mol. The maximum absolute atomic E-state index is 12.9. The van der Waals surface area contributed by atoms with Crippen LogP contribution in [-0.4, -0.2) is 12.5 Å². The molecule has 126 valence electrons. The molecule has 1 amide bonds. The van der Waals surface area contributed by atoms with Crippen molar-refractivity contribution in [1.29, 1.82) is 0 Å². The van der Waals surface area contributed by atoms with Crippen LogP contribution in [-0.2, 0) is 4.79 Å². The summed E-state index contributed by atoms with van der Waals surface area (Å²) >= 11 is 3.47. The molecule has 0 saturated carbocycles. The highest BCUT2D eigenvalue weighted by Gasteiger charge is 2.08. The fourth-order valence-electron chi connectivity index (χ4n) is 2.30. The minimum Gasteiger partial charge on any atom is -0.483 e. The van der Waals surface area contributed by atoms with Crippen LogP contribution in [0.3, 0.4) is 0 Å². The van der Waals surface area contributed by atoms with Crippen LogP contribution in [0.4, 0.5) is 10.1 Å². The Balaban J connectivity index is 1.61. The largest absolute Gasteiger partial charge is 0.483 e. The van der Waals surface area contributed by atoms with Crippen LogP contribution < -0.4 is 10.1 Å². The van der Waals surface area contributed by atoms with E-state index in [4.69, 9.17) is 4.74 Å². The lowest BCUT2D eigenvalue weighted by Gasteiger charge is -2.10. The molecule has 5 heteroatoms. The van der Waals surface area contributed by atoms with E-state index in [1.165, 1.54) is 24.3 Å². The molecule has 0 aliphatic heterocycles. The molecule has 25 heavy (non-hydrogen) atoms. The van der Waals surface area contributed by atoms with Crippen molar-refractivity contribution >= 4 is 27.5 Å². The number of rotatable bonds is 5. The number of benzene rings is 3. The molecule has 0 aliphatic rings. The van der Waals surface area contributed by atoms with E-state index in [9.17, 15) is 9.18 Å². The average molecular weight is 400 g/mol. The lowest BCUT2D eigenvalue weighted by Crippen LogP contribution is -2.20. The number of hydrogen-bond donors (Lipinski definition) is 1. The SMILES string of the molecule is O=C(COc1ccc(-c2ccccc2)cc1Br)Nc1ccc(F)cc1. The van der Waals surface area contributed by atoms with Gasteiger partial charge in [0.25, 0.3) is 5.91 Å². The topological polar surface area (TPSA) is 38.3 Å². The molecule has 3 aromatic carbocycles. The van der Waals surface area contributed by atoms with Gasteiger partial charge in [0, 0.05) is 5.69 Å². The molecule has 3 aromatic rings. The quantitative estimate of drug-likeness (QED) is 0.634. The van der Waals surface area contributed by atoms with Crippen molar-refractivity contribution in [3.8, 4) is 16.9 Å². The second kappa shape index (κ2) is 7.94. The summed E-state index contributed by atoms with van der Waals surface area (Å²) in [6, 6.07) is 21.3. The highest BCUT2D eigenvalue weighted by Crippen LogP contribution is 2.30. The van der Waals surface area contributed by atoms with Crippen LogP contribution >= 0.6 is 15.9 Å². The summed E-state index contributed by atoms with van der Waals surface area (Å²) < 4.78 is 19.2. The van der Waals surface area contributed by atoms with Gasteiger partial charge in [-0.05, 0) is 63.5 Å². The lowest BCUT2D eigenvalue weighted by molar-refractivity contribution is -0.118. The third-order valence-corrected chi connectivity index (χ3v) is 4.15. The minimum atomic E-state index is -0.350. The molecule has 0 bridgehead atoms. The fourth-order valence-corrected chi connectivity index (χ4v) is 2.79. The van der Waals surface area contributed by atoms with Gasteiger partial charge in [-0.25, -0.2) is 4.39 Å². The number of nitrogens with one attached hydrogen (secondary N) is 1. The van der Waals surface area contributed by atoms with Gasteiger partial charge in [0.15, 0.2) is 6.61 Å². The molecule has 3 nitrogen and oxygen atoms in total. The Morgan fingerprint density at radius 2 is 1.68 bits per heavy atom. The Kier molecular flexibility index (Phi) is 5.46. The molecule has 0 radical (unpaired) electrons. The molecular weight excluding hydrogens is 385 g/mol. The zero-order valence-corrected chi connectivity index (χ0v) is 14.8. The van der Waals surface area contributed by atoms with Crippen molar-refractivity contribution in [3.63, 3.8) is 0 Å². The van der Waals surface area contributed by atoms with Crippen LogP contribution in [0.25, 0.3) is 11.1 Å². The van der Waals surface area contributed by atoms with Gasteiger partial charge in [0.05, 0.1) is 4.47 Å². The van der Waals surface area contributed by atoms with Gasteiger partial charge in [-0.2, -0.15) is 0 Å². The van der Waals surface area contributed by atoms with Crippen LogP contribution in [0.15, 0.2) is 77.3 Å². The predicted molar refractivity (Wildman–Crippen MR) is 100 cm³/mol. The number of ether oxygens (including phenoxy) is 1. The van der Waals surface area contributed by atoms with E-state index in [1.54, 1.807) is 0 Å². The van der Waals surface area contributed by atoms with Crippen molar-refractivity contribution in [2.75, 3.05) is 11.9 Å². The van der Waals surface area contributed by atoms with Gasteiger partial charge in [-0.1, -0.05) is 36.4 Å². The van der Waals surface area contributed by atoms with Crippen LogP contribution in [0, 0.1) is 5.82 Å². The Morgan fingerprint density at radius 3 is 2.36 bits per heavy atom. The first-order valence-electron chi connectivity index (χ1n) is 7.65. The molecule has 0 heterocycles. The van der Waals surface area contributed by atoms with Crippen LogP contribution in [0.5, 0.6) is 5.75 Å². The summed E-state index contributed by atoms with van der Waals surface area (Å²) in [5.41, 5.74) is 2.67. The van der Waals surface area contributed by atoms with Crippen molar-refractivity contribution in [1.82, 2.24) is 0 Å². The molecule has 0 fully saturated rings. The predicted octanol–water partition coefficient (Wildman–Crippen LogP) is 5.27. The highest BCUT2D eigenvalue weighted by molar-refractivity contribution is 9.10. The van der Waals surface area contributed by atoms with Crippen molar-refractivity contribution in [3.05, 3.63) is 83.1 Å².